The van der Waals surface area contributed by atoms with Crippen molar-refractivity contribution < 1.29 is 25.2 Å². The van der Waals surface area contributed by atoms with E-state index in [9.17, 15) is 25.2 Å². The molecule has 0 aliphatic carbocycles. The Morgan fingerprint density at radius 2 is 1.00 bits per heavy atom. The van der Waals surface area contributed by atoms with E-state index in [1.54, 1.807) is 0 Å². The summed E-state index contributed by atoms with van der Waals surface area (Å²) in [6, 6.07) is 8.89. The van der Waals surface area contributed by atoms with Gasteiger partial charge in [-0.05, 0) is 38.8 Å². The third-order valence-electron chi connectivity index (χ3n) is 5.74. The molecule has 2 heterocycles. The molecule has 0 saturated heterocycles. The predicted octanol–water partition coefficient (Wildman–Crippen LogP) is 7.60. The molecule has 0 fully saturated rings. The van der Waals surface area contributed by atoms with Crippen LogP contribution in [-0.2, 0) is 0 Å². The molecule has 6 nitrogen and oxygen atoms in total. The number of hydrogen-bond acceptors (Lipinski definition) is 6. The van der Waals surface area contributed by atoms with Crippen molar-refractivity contribution in [3.63, 3.8) is 0 Å². The van der Waals surface area contributed by atoms with Crippen LogP contribution >= 0.6 is 7.81 Å². The number of nitrogens with one attached hydrogen (secondary N) is 2. The standard InChI is InChI=1S/C13H19N3.C13H18N3.F6P/c2*1-9-6-10(2)13(11(3)7-9)12-8-15(4)14-16(12)5;1-7(2,3,4,5)6/h6-8,14H,1-5H3;6-7,14H,1-5H3;/q;2*-1. The van der Waals surface area contributed by atoms with Gasteiger partial charge in [0.05, 0.1) is 5.70 Å². The fourth-order valence-corrected chi connectivity index (χ4v) is 4.72. The van der Waals surface area contributed by atoms with E-state index < -0.39 is 7.81 Å². The SMILES string of the molecule is Cc1cc(C)c(C2=CN(C)NN2C)c(C)c1.Cc1cc(C)c(C2=[C-]N(C)NN2C)c(C)c1.F[P-](F)(F)(F)(F)F. The van der Waals surface area contributed by atoms with Crippen LogP contribution in [0.4, 0.5) is 25.2 Å². The Morgan fingerprint density at radius 3 is 1.31 bits per heavy atom. The van der Waals surface area contributed by atoms with Crippen molar-refractivity contribution in [3.05, 3.63) is 81.2 Å². The topological polar surface area (TPSA) is 37.0 Å². The molecule has 0 radical (unpaired) electrons. The van der Waals surface area contributed by atoms with Gasteiger partial charge >= 0.3 is 33.0 Å². The van der Waals surface area contributed by atoms with Crippen molar-refractivity contribution >= 4 is 19.2 Å². The van der Waals surface area contributed by atoms with Gasteiger partial charge in [0.1, 0.15) is 0 Å². The van der Waals surface area contributed by atoms with Gasteiger partial charge in [-0.2, -0.15) is 5.53 Å². The van der Waals surface area contributed by atoms with Gasteiger partial charge in [-0.15, -0.1) is 28.4 Å². The first-order valence-electron chi connectivity index (χ1n) is 12.0. The van der Waals surface area contributed by atoms with Gasteiger partial charge in [-0.3, -0.25) is 10.0 Å². The number of halogens is 6. The van der Waals surface area contributed by atoms with Crippen molar-refractivity contribution in [2.24, 2.45) is 0 Å². The van der Waals surface area contributed by atoms with Gasteiger partial charge < -0.3 is 10.0 Å². The Bertz CT molecular complexity index is 1150. The minimum absolute atomic E-state index is 1.09. The molecule has 0 bridgehead atoms. The van der Waals surface area contributed by atoms with Crippen molar-refractivity contribution in [2.45, 2.75) is 41.5 Å². The van der Waals surface area contributed by atoms with Gasteiger partial charge in [-0.1, -0.05) is 54.9 Å². The van der Waals surface area contributed by atoms with Crippen molar-refractivity contribution in [1.82, 2.24) is 31.1 Å². The Hall–Kier alpha value is -2.95. The Balaban J connectivity index is 0.000000222. The van der Waals surface area contributed by atoms with Gasteiger partial charge in [0, 0.05) is 40.0 Å². The molecule has 2 aromatic carbocycles. The molecule has 0 unspecified atom stereocenters. The maximum atomic E-state index is 9.87. The fourth-order valence-electron chi connectivity index (χ4n) is 4.72. The van der Waals surface area contributed by atoms with Gasteiger partial charge in [0.2, 0.25) is 0 Å². The first-order chi connectivity index (χ1) is 17.4. The van der Waals surface area contributed by atoms with Crippen LogP contribution in [0.25, 0.3) is 11.4 Å². The molecule has 13 heteroatoms. The van der Waals surface area contributed by atoms with Gasteiger partial charge in [0.25, 0.3) is 0 Å². The van der Waals surface area contributed by atoms with E-state index in [4.69, 9.17) is 0 Å². The number of benzene rings is 2. The summed E-state index contributed by atoms with van der Waals surface area (Å²) < 4.78 is 59.2. The molecule has 2 aromatic rings. The Labute approximate surface area is 226 Å². The molecule has 220 valence electrons. The molecule has 0 spiro atoms. The zero-order chi connectivity index (χ0) is 30.1. The normalized spacial score (nSPS) is 17.0. The number of nitrogens with zero attached hydrogens (tertiary/aromatic N) is 4. The minimum atomic E-state index is -10.7. The van der Waals surface area contributed by atoms with Crippen molar-refractivity contribution in [2.75, 3.05) is 28.2 Å². The molecule has 0 saturated carbocycles. The first kappa shape index (κ1) is 32.3. The third-order valence-corrected chi connectivity index (χ3v) is 5.74. The molecule has 0 aromatic heterocycles. The van der Waals surface area contributed by atoms with E-state index in [0.717, 1.165) is 5.70 Å². The summed E-state index contributed by atoms with van der Waals surface area (Å²) in [5.74, 6) is 0. The van der Waals surface area contributed by atoms with Crippen LogP contribution in [-0.4, -0.2) is 48.2 Å². The predicted molar refractivity (Wildman–Crippen MR) is 147 cm³/mol. The van der Waals surface area contributed by atoms with E-state index in [1.807, 2.05) is 48.2 Å². The van der Waals surface area contributed by atoms with Crippen molar-refractivity contribution in [1.29, 1.82) is 0 Å². The summed E-state index contributed by atoms with van der Waals surface area (Å²) >= 11 is 0. The molecular weight excluding hydrogens is 541 g/mol. The van der Waals surface area contributed by atoms with Crippen LogP contribution in [0.15, 0.2) is 30.5 Å². The molecule has 2 N–H and O–H groups in total. The van der Waals surface area contributed by atoms with E-state index in [1.165, 1.54) is 50.2 Å². The van der Waals surface area contributed by atoms with E-state index in [2.05, 4.69) is 89.3 Å². The van der Waals surface area contributed by atoms with Gasteiger partial charge in [0.15, 0.2) is 0 Å². The number of hydrazine groups is 4. The van der Waals surface area contributed by atoms with E-state index in [-0.39, 0.29) is 0 Å². The number of rotatable bonds is 2. The summed E-state index contributed by atoms with van der Waals surface area (Å²) in [5, 5.41) is 7.84. The van der Waals surface area contributed by atoms with Crippen LogP contribution < -0.4 is 11.1 Å². The average Bonchev–Trinajstić information content (AvgIpc) is 3.18. The summed E-state index contributed by atoms with van der Waals surface area (Å²) in [6.45, 7) is 12.9. The third kappa shape index (κ3) is 10.3. The van der Waals surface area contributed by atoms with Crippen LogP contribution in [0.2, 0.25) is 0 Å². The monoisotopic (exact) mass is 578 g/mol. The van der Waals surface area contributed by atoms with E-state index in [0.29, 0.717) is 0 Å². The zero-order valence-corrected chi connectivity index (χ0v) is 24.8. The second-order valence-corrected chi connectivity index (χ2v) is 11.9. The molecule has 2 aliphatic heterocycles. The Kier molecular flexibility index (Phi) is 8.73. The second-order valence-electron chi connectivity index (χ2n) is 9.97. The molecule has 4 rings (SSSR count). The molecule has 39 heavy (non-hydrogen) atoms. The second kappa shape index (κ2) is 10.6. The number of aryl methyl sites for hydroxylation is 6. The summed E-state index contributed by atoms with van der Waals surface area (Å²) in [6.07, 6.45) is 5.40. The zero-order valence-electron chi connectivity index (χ0n) is 23.9. The average molecular weight is 579 g/mol. The van der Waals surface area contributed by atoms with Crippen LogP contribution in [0, 0.1) is 47.7 Å². The van der Waals surface area contributed by atoms with Gasteiger partial charge in [-0.25, -0.2) is 0 Å². The fraction of sp³-hybridized carbons (Fsp3) is 0.385. The Morgan fingerprint density at radius 1 is 0.615 bits per heavy atom. The quantitative estimate of drug-likeness (QED) is 0.217. The number of hydrogen-bond donors (Lipinski definition) is 2. The van der Waals surface area contributed by atoms with Crippen LogP contribution in [0.3, 0.4) is 0 Å². The van der Waals surface area contributed by atoms with Crippen molar-refractivity contribution in [3.8, 4) is 0 Å². The van der Waals surface area contributed by atoms with Crippen LogP contribution in [0.5, 0.6) is 0 Å². The molecular formula is C26H37F6N6P-2. The first-order valence-corrected chi connectivity index (χ1v) is 14.0. The van der Waals surface area contributed by atoms with E-state index >= 15 is 0 Å². The van der Waals surface area contributed by atoms with Crippen LogP contribution in [0.1, 0.15) is 44.5 Å². The summed E-state index contributed by atoms with van der Waals surface area (Å²) in [5.41, 5.74) is 19.1. The maximum absolute atomic E-state index is 10.7. The summed E-state index contributed by atoms with van der Waals surface area (Å²) in [7, 11) is -2.67. The summed E-state index contributed by atoms with van der Waals surface area (Å²) in [4.78, 5) is 0. The molecule has 0 atom stereocenters. The molecule has 0 amide bonds. The molecule has 2 aliphatic rings.